The summed E-state index contributed by atoms with van der Waals surface area (Å²) in [4.78, 5) is 10.2. The van der Waals surface area contributed by atoms with Crippen LogP contribution in [0.4, 0.5) is 0 Å². The molecule has 0 saturated carbocycles. The van der Waals surface area contributed by atoms with Crippen LogP contribution in [0.1, 0.15) is 12.8 Å². The molecule has 0 amide bonds. The Labute approximate surface area is 150 Å². The van der Waals surface area contributed by atoms with E-state index in [1.54, 1.807) is 0 Å². The molecule has 7 heteroatoms. The van der Waals surface area contributed by atoms with Gasteiger partial charge in [0.1, 0.15) is 0 Å². The number of carbonyl (C=O) groups is 1. The monoisotopic (exact) mass is 539 g/mol. The summed E-state index contributed by atoms with van der Waals surface area (Å²) in [5, 5.41) is 10.5. The zero-order chi connectivity index (χ0) is 16.7. The van der Waals surface area contributed by atoms with Crippen LogP contribution in [0.2, 0.25) is 0 Å². The van der Waals surface area contributed by atoms with Crippen molar-refractivity contribution in [3.8, 4) is 0 Å². The van der Waals surface area contributed by atoms with Crippen LogP contribution in [0, 0.1) is 0 Å². The Bertz CT molecular complexity index is 190. The van der Waals surface area contributed by atoms with Crippen molar-refractivity contribution in [1.29, 1.82) is 0 Å². The van der Waals surface area contributed by atoms with E-state index in [-0.39, 0.29) is 49.9 Å². The number of rotatable bonds is 1. The smallest absolute Gasteiger partial charge is 0.645 e. The van der Waals surface area contributed by atoms with Gasteiger partial charge in [-0.2, -0.15) is 0 Å². The van der Waals surface area contributed by atoms with Gasteiger partial charge in [0.2, 0.25) is 0 Å². The van der Waals surface area contributed by atoms with E-state index in [0.717, 1.165) is 19.4 Å². The largest absolute Gasteiger partial charge is 3.00 e. The average molecular weight is 539 g/mol. The first-order chi connectivity index (χ1) is 9.00. The average Bonchev–Trinajstić information content (AvgIpc) is 2.66. The van der Waals surface area contributed by atoms with Gasteiger partial charge in [0.25, 0.3) is 0 Å². The molecule has 3 nitrogen and oxygen atoms in total. The van der Waals surface area contributed by atoms with E-state index >= 15 is 0 Å². The van der Waals surface area contributed by atoms with Gasteiger partial charge in [-0.15, -0.1) is 6.54 Å². The van der Waals surface area contributed by atoms with Crippen molar-refractivity contribution in [1.82, 2.24) is 0 Å². The Balaban J connectivity index is -0.0000000973. The van der Waals surface area contributed by atoms with Crippen molar-refractivity contribution in [2.45, 2.75) is 18.9 Å². The predicted octanol–water partition coefficient (Wildman–Crippen LogP) is 3.04. The van der Waals surface area contributed by atoms with Crippen LogP contribution in [0.5, 0.6) is 0 Å². The second kappa shape index (κ2) is 21.4. The quantitative estimate of drug-likeness (QED) is 0.374. The summed E-state index contributed by atoms with van der Waals surface area (Å²) in [6.07, 6.45) is 1.78. The molecule has 1 saturated heterocycles. The second-order valence-electron chi connectivity index (χ2n) is 6.43. The van der Waals surface area contributed by atoms with Crippen molar-refractivity contribution >= 4 is 29.7 Å². The molecule has 1 aliphatic heterocycles. The number of carbonyl (C=O) groups excluding carboxylic acids is 1. The summed E-state index contributed by atoms with van der Waals surface area (Å²) in [6.45, 7) is 21.2. The van der Waals surface area contributed by atoms with Gasteiger partial charge in [-0.1, -0.05) is 12.8 Å². The number of hydrogen-bond donors (Lipinski definition) is 0. The maximum atomic E-state index is 10.2. The summed E-state index contributed by atoms with van der Waals surface area (Å²) >= 11 is 0. The van der Waals surface area contributed by atoms with E-state index in [9.17, 15) is 4.79 Å². The molecule has 1 heterocycles. The Kier molecular flexibility index (Phi) is 30.8. The fourth-order valence-electron chi connectivity index (χ4n) is 0.837. The molecule has 0 aromatic heterocycles. The number of nitrogens with zero attached hydrogens (tertiary/aromatic N) is 1. The first-order valence-electron chi connectivity index (χ1n) is 7.23. The second-order valence-corrected chi connectivity index (χ2v) is 15.4. The van der Waals surface area contributed by atoms with Crippen LogP contribution in [0.15, 0.2) is 0 Å². The van der Waals surface area contributed by atoms with Crippen molar-refractivity contribution in [3.63, 3.8) is 0 Å². The zero-order valence-electron chi connectivity index (χ0n) is 15.4. The fourth-order valence-corrected chi connectivity index (χ4v) is 0.837. The van der Waals surface area contributed by atoms with Crippen molar-refractivity contribution in [2.75, 3.05) is 66.5 Å². The third-order valence-corrected chi connectivity index (χ3v) is 1.29. The van der Waals surface area contributed by atoms with Crippen molar-refractivity contribution < 1.29 is 30.0 Å². The van der Waals surface area contributed by atoms with Gasteiger partial charge in [-0.05, 0) is 23.8 Å². The molecule has 2 N–H and O–H groups in total. The van der Waals surface area contributed by atoms with Crippen LogP contribution >= 0.6 is 23.8 Å². The summed E-state index contributed by atoms with van der Waals surface area (Å²) in [5.41, 5.74) is 0. The standard InChI is InChI=1S/C5H8NO2.3C3H9P.Ir/c7-5(8)4-2-1-3-6-4;3*1-4(2)3;/h4H,1-3H2,(H,7,8);3*1-3H3;/q-1;;;;+3/p+4. The molecule has 1 atom stereocenters. The van der Waals surface area contributed by atoms with Gasteiger partial charge >= 0.3 is 26.1 Å². The van der Waals surface area contributed by atoms with Crippen LogP contribution in [-0.2, 0) is 24.9 Å². The number of hydrogen-bond acceptors (Lipinski definition) is 1. The predicted molar refractivity (Wildman–Crippen MR) is 108 cm³/mol. The Hall–Kier alpha value is 1.37. The van der Waals surface area contributed by atoms with Crippen LogP contribution in [0.25, 0.3) is 5.32 Å². The summed E-state index contributed by atoms with van der Waals surface area (Å²) < 4.78 is 0. The van der Waals surface area contributed by atoms with E-state index in [2.05, 4.69) is 65.3 Å². The van der Waals surface area contributed by atoms with Gasteiger partial charge in [-0.3, -0.25) is 0 Å². The van der Waals surface area contributed by atoms with Gasteiger partial charge in [-0.25, -0.2) is 0 Å². The third-order valence-electron chi connectivity index (χ3n) is 1.29. The first-order valence-corrected chi connectivity index (χ1v) is 16.2. The molecule has 1 unspecified atom stereocenters. The van der Waals surface area contributed by atoms with Gasteiger partial charge in [0.15, 0.2) is 0 Å². The van der Waals surface area contributed by atoms with Gasteiger partial charge in [0.05, 0.1) is 0 Å². The summed E-state index contributed by atoms with van der Waals surface area (Å²) in [5.74, 6) is -0.525. The molecule has 1 fully saturated rings. The van der Waals surface area contributed by atoms with Crippen molar-refractivity contribution in [3.05, 3.63) is 5.32 Å². The van der Waals surface area contributed by atoms with E-state index in [1.807, 2.05) is 0 Å². The molecule has 1 aliphatic rings. The van der Waals surface area contributed by atoms with Crippen LogP contribution < -0.4 is 0 Å². The molecule has 0 aliphatic carbocycles. The van der Waals surface area contributed by atoms with E-state index in [1.165, 1.54) is 0 Å². The molecule has 0 aromatic rings. The molecule has 21 heavy (non-hydrogen) atoms. The maximum absolute atomic E-state index is 10.2. The minimum atomic E-state index is -0.525. The fraction of sp³-hybridized carbons (Fsp3) is 0.929. The Morgan fingerprint density at radius 2 is 1.19 bits per heavy atom. The molecule has 130 valence electrons. The topological polar surface area (TPSA) is 54.1 Å². The minimum absolute atomic E-state index is 0. The van der Waals surface area contributed by atoms with Crippen molar-refractivity contribution in [2.24, 2.45) is 0 Å². The normalized spacial score (nSPS) is 15.9. The Morgan fingerprint density at radius 1 is 0.905 bits per heavy atom. The van der Waals surface area contributed by atoms with E-state index < -0.39 is 5.97 Å². The van der Waals surface area contributed by atoms with Gasteiger partial charge < -0.3 is 10.4 Å². The first kappa shape index (κ1) is 30.3. The SMILES string of the molecule is C[PH+](C)C.C[PH+](C)C.C[PH+](C)C.O=C([OH2+])C1CCC[N-]1.[Ir+3]. The minimum Gasteiger partial charge on any atom is -0.645 e. The molecule has 0 radical (unpaired) electrons. The molecular formula is C14H39IrNO2P3+6. The third kappa shape index (κ3) is 52.4. The summed E-state index contributed by atoms with van der Waals surface area (Å²) in [6, 6.07) is -0.282. The molecule has 0 spiro atoms. The maximum Gasteiger partial charge on any atom is 3.00 e. The van der Waals surface area contributed by atoms with Gasteiger partial charge in [0, 0.05) is 70.8 Å². The zero-order valence-corrected chi connectivity index (χ0v) is 20.8. The molecule has 0 aromatic carbocycles. The Morgan fingerprint density at radius 3 is 1.29 bits per heavy atom. The van der Waals surface area contributed by atoms with E-state index in [4.69, 9.17) is 5.11 Å². The van der Waals surface area contributed by atoms with Crippen LogP contribution in [0.3, 0.4) is 0 Å². The molecule has 1 rings (SSSR count). The molecule has 0 bridgehead atoms. The molecular weight excluding hydrogens is 499 g/mol. The van der Waals surface area contributed by atoms with E-state index in [0.29, 0.717) is 0 Å². The summed E-state index contributed by atoms with van der Waals surface area (Å²) in [7, 11) is 0.361. The van der Waals surface area contributed by atoms with Crippen LogP contribution in [-0.4, -0.2) is 83.6 Å².